The fourth-order valence-corrected chi connectivity index (χ4v) is 5.61. The number of halogens is 1. The summed E-state index contributed by atoms with van der Waals surface area (Å²) in [7, 11) is 4.14. The van der Waals surface area contributed by atoms with Crippen LogP contribution in [0.25, 0.3) is 33.4 Å². The van der Waals surface area contributed by atoms with E-state index in [-0.39, 0.29) is 11.9 Å². The van der Waals surface area contributed by atoms with E-state index in [4.69, 9.17) is 0 Å². The molecule has 1 fully saturated rings. The molecular weight excluding hydrogens is 439 g/mol. The maximum atomic E-state index is 15.2. The number of nitrogens with one attached hydrogen (secondary N) is 2. The minimum atomic E-state index is -0.214. The largest absolute Gasteiger partial charge is 0.369 e. The highest BCUT2D eigenvalue weighted by Crippen LogP contribution is 2.38. The van der Waals surface area contributed by atoms with Crippen LogP contribution in [0.3, 0.4) is 0 Å². The number of piperazine rings is 1. The molecule has 4 aromatic rings. The summed E-state index contributed by atoms with van der Waals surface area (Å²) in [6, 6.07) is 14.4. The van der Waals surface area contributed by atoms with Crippen LogP contribution in [0.15, 0.2) is 48.7 Å². The highest BCUT2D eigenvalue weighted by atomic mass is 19.1. The lowest BCUT2D eigenvalue weighted by Crippen LogP contribution is -2.44. The maximum absolute atomic E-state index is 15.2. The number of hydrogen-bond donors (Lipinski definition) is 2. The highest BCUT2D eigenvalue weighted by molar-refractivity contribution is 5.95. The van der Waals surface area contributed by atoms with Crippen molar-refractivity contribution >= 4 is 16.6 Å². The van der Waals surface area contributed by atoms with E-state index >= 15 is 4.39 Å². The van der Waals surface area contributed by atoms with Gasteiger partial charge in [0.05, 0.1) is 17.4 Å². The zero-order valence-electron chi connectivity index (χ0n) is 20.3. The molecule has 0 saturated carbocycles. The number of nitrogens with zero attached hydrogens (tertiary/aromatic N) is 4. The molecule has 0 amide bonds. The number of rotatable bonds is 4. The predicted molar refractivity (Wildman–Crippen MR) is 139 cm³/mol. The summed E-state index contributed by atoms with van der Waals surface area (Å²) in [5, 5.41) is 12.0. The number of likely N-dealkylation sites (N-methyl/N-ethyl adjacent to an activating group) is 1. The summed E-state index contributed by atoms with van der Waals surface area (Å²) in [5.41, 5.74) is 7.55. The normalized spacial score (nSPS) is 18.7. The van der Waals surface area contributed by atoms with E-state index in [9.17, 15) is 0 Å². The van der Waals surface area contributed by atoms with Crippen LogP contribution in [-0.4, -0.2) is 60.4 Å². The molecule has 180 valence electrons. The number of aromatic amines is 1. The van der Waals surface area contributed by atoms with Crippen molar-refractivity contribution in [2.75, 3.05) is 45.2 Å². The standard InChI is InChI=1S/C28H31FN6/c1-30-24-5-3-4-21-20(24)10-11-23(29)27(21)25-16-22-26(17-31-25)32-33-28(22)18-6-8-19(9-7-18)35-14-12-34(2)13-15-35/h6-11,16-17,24,30H,3-5,12-15H2,1-2H3,(H,32,33). The minimum Gasteiger partial charge on any atom is -0.369 e. The lowest BCUT2D eigenvalue weighted by Gasteiger charge is -2.34. The first-order valence-corrected chi connectivity index (χ1v) is 12.5. The Balaban J connectivity index is 1.37. The van der Waals surface area contributed by atoms with E-state index in [0.717, 1.165) is 73.2 Å². The third-order valence-electron chi connectivity index (χ3n) is 7.65. The third kappa shape index (κ3) is 3.98. The van der Waals surface area contributed by atoms with Gasteiger partial charge in [-0.25, -0.2) is 4.39 Å². The second-order valence-corrected chi connectivity index (χ2v) is 9.75. The summed E-state index contributed by atoms with van der Waals surface area (Å²) in [6.07, 6.45) is 4.74. The van der Waals surface area contributed by atoms with Crippen molar-refractivity contribution < 1.29 is 4.39 Å². The van der Waals surface area contributed by atoms with Gasteiger partial charge in [0.25, 0.3) is 0 Å². The Morgan fingerprint density at radius 1 is 1.06 bits per heavy atom. The summed E-state index contributed by atoms with van der Waals surface area (Å²) < 4.78 is 15.2. The number of anilines is 1. The number of hydrogen-bond acceptors (Lipinski definition) is 5. The zero-order valence-corrected chi connectivity index (χ0v) is 20.3. The van der Waals surface area contributed by atoms with Crippen LogP contribution in [0.1, 0.15) is 30.0 Å². The van der Waals surface area contributed by atoms with Gasteiger partial charge in [0.2, 0.25) is 0 Å². The van der Waals surface area contributed by atoms with Gasteiger partial charge in [0.1, 0.15) is 11.5 Å². The molecule has 2 N–H and O–H groups in total. The Labute approximate surface area is 205 Å². The van der Waals surface area contributed by atoms with Crippen molar-refractivity contribution in [3.05, 3.63) is 65.6 Å². The van der Waals surface area contributed by atoms with E-state index in [1.165, 1.54) is 11.3 Å². The number of benzene rings is 2. The zero-order chi connectivity index (χ0) is 23.9. The molecule has 35 heavy (non-hydrogen) atoms. The van der Waals surface area contributed by atoms with Crippen LogP contribution in [0.4, 0.5) is 10.1 Å². The van der Waals surface area contributed by atoms with Crippen molar-refractivity contribution in [3.8, 4) is 22.5 Å². The average Bonchev–Trinajstić information content (AvgIpc) is 3.32. The fourth-order valence-electron chi connectivity index (χ4n) is 5.61. The van der Waals surface area contributed by atoms with Crippen LogP contribution < -0.4 is 10.2 Å². The van der Waals surface area contributed by atoms with Gasteiger partial charge in [0, 0.05) is 54.4 Å². The van der Waals surface area contributed by atoms with E-state index < -0.39 is 0 Å². The van der Waals surface area contributed by atoms with E-state index in [2.05, 4.69) is 61.6 Å². The van der Waals surface area contributed by atoms with Crippen molar-refractivity contribution in [2.45, 2.75) is 25.3 Å². The van der Waals surface area contributed by atoms with Gasteiger partial charge < -0.3 is 15.1 Å². The smallest absolute Gasteiger partial charge is 0.132 e. The molecule has 6 nitrogen and oxygen atoms in total. The number of H-pyrrole nitrogens is 1. The van der Waals surface area contributed by atoms with Crippen LogP contribution in [0, 0.1) is 5.82 Å². The molecule has 1 atom stereocenters. The van der Waals surface area contributed by atoms with Gasteiger partial charge in [-0.05, 0) is 68.8 Å². The van der Waals surface area contributed by atoms with Gasteiger partial charge in [-0.15, -0.1) is 0 Å². The fraction of sp³-hybridized carbons (Fsp3) is 0.357. The molecule has 2 aromatic heterocycles. The molecule has 0 spiro atoms. The summed E-state index contributed by atoms with van der Waals surface area (Å²) >= 11 is 0. The van der Waals surface area contributed by atoms with Crippen molar-refractivity contribution in [1.29, 1.82) is 0 Å². The topological polar surface area (TPSA) is 60.1 Å². The maximum Gasteiger partial charge on any atom is 0.132 e. The van der Waals surface area contributed by atoms with Gasteiger partial charge in [0.15, 0.2) is 0 Å². The van der Waals surface area contributed by atoms with Crippen LogP contribution in [0.5, 0.6) is 0 Å². The van der Waals surface area contributed by atoms with Crippen LogP contribution >= 0.6 is 0 Å². The Morgan fingerprint density at radius 2 is 1.86 bits per heavy atom. The third-order valence-corrected chi connectivity index (χ3v) is 7.65. The lowest BCUT2D eigenvalue weighted by atomic mass is 9.83. The quantitative estimate of drug-likeness (QED) is 0.450. The minimum absolute atomic E-state index is 0.214. The monoisotopic (exact) mass is 470 g/mol. The molecule has 0 bridgehead atoms. The SMILES string of the molecule is CNC1CCCc2c1ccc(F)c2-c1cc2c(-c3ccc(N4CCN(C)CC4)cc3)n[nH]c2cn1. The molecule has 2 aliphatic rings. The van der Waals surface area contributed by atoms with E-state index in [0.29, 0.717) is 11.3 Å². The summed E-state index contributed by atoms with van der Waals surface area (Å²) in [6.45, 7) is 4.24. The average molecular weight is 471 g/mol. The Hall–Kier alpha value is -3.29. The van der Waals surface area contributed by atoms with Gasteiger partial charge in [-0.3, -0.25) is 10.1 Å². The molecule has 3 heterocycles. The number of aromatic nitrogens is 3. The molecule has 1 aliphatic heterocycles. The molecular formula is C28H31FN6. The van der Waals surface area contributed by atoms with E-state index in [1.54, 1.807) is 12.3 Å². The molecule has 6 rings (SSSR count). The lowest BCUT2D eigenvalue weighted by molar-refractivity contribution is 0.313. The van der Waals surface area contributed by atoms with Crippen LogP contribution in [-0.2, 0) is 6.42 Å². The van der Waals surface area contributed by atoms with Crippen molar-refractivity contribution in [3.63, 3.8) is 0 Å². The first-order valence-electron chi connectivity index (χ1n) is 12.5. The van der Waals surface area contributed by atoms with Crippen LogP contribution in [0.2, 0.25) is 0 Å². The first-order chi connectivity index (χ1) is 17.1. The van der Waals surface area contributed by atoms with Crippen molar-refractivity contribution in [2.24, 2.45) is 0 Å². The van der Waals surface area contributed by atoms with Crippen molar-refractivity contribution in [1.82, 2.24) is 25.4 Å². The molecule has 1 saturated heterocycles. The van der Waals surface area contributed by atoms with Gasteiger partial charge >= 0.3 is 0 Å². The molecule has 1 aliphatic carbocycles. The Morgan fingerprint density at radius 3 is 2.63 bits per heavy atom. The predicted octanol–water partition coefficient (Wildman–Crippen LogP) is 4.78. The first kappa shape index (κ1) is 22.2. The van der Waals surface area contributed by atoms with Gasteiger partial charge in [-0.2, -0.15) is 5.10 Å². The second-order valence-electron chi connectivity index (χ2n) is 9.75. The van der Waals surface area contributed by atoms with Gasteiger partial charge in [-0.1, -0.05) is 18.2 Å². The Bertz CT molecular complexity index is 1350. The second kappa shape index (κ2) is 9.06. The Kier molecular flexibility index (Phi) is 5.74. The number of pyridine rings is 1. The molecule has 7 heteroatoms. The molecule has 0 radical (unpaired) electrons. The highest BCUT2D eigenvalue weighted by Gasteiger charge is 2.25. The van der Waals surface area contributed by atoms with E-state index in [1.807, 2.05) is 19.2 Å². The molecule has 1 unspecified atom stereocenters. The molecule has 2 aromatic carbocycles. The summed E-state index contributed by atoms with van der Waals surface area (Å²) in [4.78, 5) is 9.43. The number of fused-ring (bicyclic) bond motifs is 2. The summed E-state index contributed by atoms with van der Waals surface area (Å²) in [5.74, 6) is -0.214.